The SMILES string of the molecule is CCNc1ncnc(NC(C)CC(F)(F)F)c1OC. The van der Waals surface area contributed by atoms with Crippen LogP contribution < -0.4 is 15.4 Å². The lowest BCUT2D eigenvalue weighted by molar-refractivity contribution is -0.136. The molecule has 0 aliphatic carbocycles. The van der Waals surface area contributed by atoms with Crippen LogP contribution in [0.2, 0.25) is 0 Å². The number of anilines is 2. The number of hydrogen-bond donors (Lipinski definition) is 2. The van der Waals surface area contributed by atoms with Gasteiger partial charge >= 0.3 is 6.18 Å². The number of nitrogens with one attached hydrogen (secondary N) is 2. The number of alkyl halides is 3. The fraction of sp³-hybridized carbons (Fsp3) is 0.636. The summed E-state index contributed by atoms with van der Waals surface area (Å²) < 4.78 is 42.0. The molecule has 108 valence electrons. The van der Waals surface area contributed by atoms with E-state index < -0.39 is 18.6 Å². The Morgan fingerprint density at radius 1 is 1.32 bits per heavy atom. The van der Waals surface area contributed by atoms with E-state index in [0.717, 1.165) is 0 Å². The van der Waals surface area contributed by atoms with Gasteiger partial charge in [0.2, 0.25) is 5.75 Å². The van der Waals surface area contributed by atoms with Crippen molar-refractivity contribution in [1.29, 1.82) is 0 Å². The summed E-state index contributed by atoms with van der Waals surface area (Å²) in [4.78, 5) is 7.88. The van der Waals surface area contributed by atoms with Crippen LogP contribution in [0.5, 0.6) is 5.75 Å². The molecule has 0 bridgehead atoms. The summed E-state index contributed by atoms with van der Waals surface area (Å²) in [5, 5.41) is 5.63. The number of hydrogen-bond acceptors (Lipinski definition) is 5. The average molecular weight is 278 g/mol. The van der Waals surface area contributed by atoms with Crippen LogP contribution in [0.1, 0.15) is 20.3 Å². The molecule has 1 heterocycles. The Hall–Kier alpha value is -1.73. The van der Waals surface area contributed by atoms with Crippen LogP contribution in [0.25, 0.3) is 0 Å². The number of ether oxygens (including phenoxy) is 1. The minimum atomic E-state index is -4.23. The Morgan fingerprint density at radius 2 is 1.95 bits per heavy atom. The van der Waals surface area contributed by atoms with Gasteiger partial charge in [0.25, 0.3) is 0 Å². The fourth-order valence-corrected chi connectivity index (χ4v) is 1.59. The highest BCUT2D eigenvalue weighted by molar-refractivity contribution is 5.63. The molecule has 1 aromatic rings. The van der Waals surface area contributed by atoms with Crippen molar-refractivity contribution in [3.63, 3.8) is 0 Å². The minimum Gasteiger partial charge on any atom is -0.490 e. The monoisotopic (exact) mass is 278 g/mol. The molecule has 0 amide bonds. The normalized spacial score (nSPS) is 12.9. The maximum absolute atomic E-state index is 12.3. The summed E-state index contributed by atoms with van der Waals surface area (Å²) >= 11 is 0. The average Bonchev–Trinajstić information content (AvgIpc) is 2.27. The van der Waals surface area contributed by atoms with E-state index in [1.54, 1.807) is 0 Å². The largest absolute Gasteiger partial charge is 0.490 e. The molecule has 0 fully saturated rings. The van der Waals surface area contributed by atoms with Crippen molar-refractivity contribution in [3.05, 3.63) is 6.33 Å². The van der Waals surface area contributed by atoms with Crippen molar-refractivity contribution in [2.24, 2.45) is 0 Å². The quantitative estimate of drug-likeness (QED) is 0.837. The molecule has 0 saturated heterocycles. The third kappa shape index (κ3) is 4.80. The molecule has 0 radical (unpaired) electrons. The van der Waals surface area contributed by atoms with Gasteiger partial charge in [-0.05, 0) is 13.8 Å². The molecule has 1 atom stereocenters. The molecule has 19 heavy (non-hydrogen) atoms. The number of aromatic nitrogens is 2. The zero-order chi connectivity index (χ0) is 14.5. The molecule has 1 unspecified atom stereocenters. The molecular weight excluding hydrogens is 261 g/mol. The van der Waals surface area contributed by atoms with Crippen LogP contribution in [0.15, 0.2) is 6.33 Å². The van der Waals surface area contributed by atoms with E-state index in [2.05, 4.69) is 20.6 Å². The Balaban J connectivity index is 2.85. The Kier molecular flexibility index (Phi) is 5.20. The van der Waals surface area contributed by atoms with Gasteiger partial charge in [-0.15, -0.1) is 0 Å². The standard InChI is InChI=1S/C11H17F3N4O/c1-4-15-9-8(19-3)10(17-6-16-9)18-7(2)5-11(12,13)14/h6-7H,4-5H2,1-3H3,(H2,15,16,17,18). The van der Waals surface area contributed by atoms with Gasteiger partial charge in [0.15, 0.2) is 11.6 Å². The van der Waals surface area contributed by atoms with Gasteiger partial charge in [0, 0.05) is 12.6 Å². The third-order valence-corrected chi connectivity index (χ3v) is 2.27. The third-order valence-electron chi connectivity index (χ3n) is 2.27. The second kappa shape index (κ2) is 6.44. The maximum Gasteiger partial charge on any atom is 0.391 e. The van der Waals surface area contributed by atoms with Crippen molar-refractivity contribution < 1.29 is 17.9 Å². The van der Waals surface area contributed by atoms with E-state index in [4.69, 9.17) is 4.74 Å². The van der Waals surface area contributed by atoms with Crippen molar-refractivity contribution in [2.75, 3.05) is 24.3 Å². The molecule has 0 aliphatic heterocycles. The molecule has 0 spiro atoms. The van der Waals surface area contributed by atoms with Gasteiger partial charge in [-0.3, -0.25) is 0 Å². The van der Waals surface area contributed by atoms with Crippen LogP contribution in [0, 0.1) is 0 Å². The lowest BCUT2D eigenvalue weighted by atomic mass is 10.2. The zero-order valence-electron chi connectivity index (χ0n) is 11.0. The van der Waals surface area contributed by atoms with Crippen LogP contribution in [-0.4, -0.2) is 35.8 Å². The van der Waals surface area contributed by atoms with Gasteiger partial charge < -0.3 is 15.4 Å². The molecule has 5 nitrogen and oxygen atoms in total. The summed E-state index contributed by atoms with van der Waals surface area (Å²) in [5.41, 5.74) is 0. The lowest BCUT2D eigenvalue weighted by Gasteiger charge is -2.19. The molecule has 0 aromatic carbocycles. The predicted octanol–water partition coefficient (Wildman–Crippen LogP) is 2.67. The second-order valence-electron chi connectivity index (χ2n) is 4.00. The molecule has 1 aromatic heterocycles. The van der Waals surface area contributed by atoms with Crippen molar-refractivity contribution in [3.8, 4) is 5.75 Å². The molecule has 8 heteroatoms. The minimum absolute atomic E-state index is 0.241. The van der Waals surface area contributed by atoms with E-state index in [-0.39, 0.29) is 5.82 Å². The van der Waals surface area contributed by atoms with Crippen molar-refractivity contribution in [1.82, 2.24) is 9.97 Å². The van der Waals surface area contributed by atoms with E-state index in [1.165, 1.54) is 20.4 Å². The summed E-state index contributed by atoms with van der Waals surface area (Å²) in [6.45, 7) is 3.92. The van der Waals surface area contributed by atoms with E-state index in [0.29, 0.717) is 18.1 Å². The van der Waals surface area contributed by atoms with Gasteiger partial charge in [0.1, 0.15) is 6.33 Å². The highest BCUT2D eigenvalue weighted by Gasteiger charge is 2.30. The zero-order valence-corrected chi connectivity index (χ0v) is 11.0. The molecule has 0 saturated carbocycles. The molecule has 0 aliphatic rings. The first-order valence-corrected chi connectivity index (χ1v) is 5.83. The smallest absolute Gasteiger partial charge is 0.391 e. The van der Waals surface area contributed by atoms with Crippen LogP contribution in [0.4, 0.5) is 24.8 Å². The molecule has 1 rings (SSSR count). The second-order valence-corrected chi connectivity index (χ2v) is 4.00. The van der Waals surface area contributed by atoms with E-state index in [9.17, 15) is 13.2 Å². The summed E-state index contributed by atoms with van der Waals surface area (Å²) in [7, 11) is 1.42. The summed E-state index contributed by atoms with van der Waals surface area (Å²) in [5.74, 6) is 0.991. The number of nitrogens with zero attached hydrogens (tertiary/aromatic N) is 2. The van der Waals surface area contributed by atoms with Gasteiger partial charge in [-0.2, -0.15) is 13.2 Å². The summed E-state index contributed by atoms with van der Waals surface area (Å²) in [6, 6.07) is -0.807. The number of halogens is 3. The van der Waals surface area contributed by atoms with Crippen molar-refractivity contribution in [2.45, 2.75) is 32.5 Å². The van der Waals surface area contributed by atoms with Gasteiger partial charge in [0.05, 0.1) is 13.5 Å². The summed E-state index contributed by atoms with van der Waals surface area (Å²) in [6.07, 6.45) is -3.91. The Labute approximate surface area is 109 Å². The highest BCUT2D eigenvalue weighted by atomic mass is 19.4. The Morgan fingerprint density at radius 3 is 2.47 bits per heavy atom. The number of methoxy groups -OCH3 is 1. The van der Waals surface area contributed by atoms with Crippen molar-refractivity contribution >= 4 is 11.6 Å². The van der Waals surface area contributed by atoms with Crippen LogP contribution >= 0.6 is 0 Å². The molecule has 2 N–H and O–H groups in total. The van der Waals surface area contributed by atoms with Gasteiger partial charge in [-0.25, -0.2) is 9.97 Å². The predicted molar refractivity (Wildman–Crippen MR) is 66.5 cm³/mol. The van der Waals surface area contributed by atoms with E-state index >= 15 is 0 Å². The van der Waals surface area contributed by atoms with E-state index in [1.807, 2.05) is 6.92 Å². The first kappa shape index (κ1) is 15.3. The van der Waals surface area contributed by atoms with Crippen LogP contribution in [0.3, 0.4) is 0 Å². The number of rotatable bonds is 6. The Bertz CT molecular complexity index is 411. The molecular formula is C11H17F3N4O. The maximum atomic E-state index is 12.3. The van der Waals surface area contributed by atoms with Gasteiger partial charge in [-0.1, -0.05) is 0 Å². The first-order valence-electron chi connectivity index (χ1n) is 5.83. The van der Waals surface area contributed by atoms with Crippen LogP contribution in [-0.2, 0) is 0 Å². The topological polar surface area (TPSA) is 59.1 Å². The first-order chi connectivity index (χ1) is 8.87. The highest BCUT2D eigenvalue weighted by Crippen LogP contribution is 2.30. The lowest BCUT2D eigenvalue weighted by Crippen LogP contribution is -2.24. The fourth-order valence-electron chi connectivity index (χ4n) is 1.59.